The zero-order valence-corrected chi connectivity index (χ0v) is 12.2. The van der Waals surface area contributed by atoms with Gasteiger partial charge in [0.05, 0.1) is 0 Å². The van der Waals surface area contributed by atoms with Crippen molar-refractivity contribution in [3.63, 3.8) is 0 Å². The summed E-state index contributed by atoms with van der Waals surface area (Å²) >= 11 is 0. The van der Waals surface area contributed by atoms with Crippen LogP contribution in [0.4, 0.5) is 0 Å². The Morgan fingerprint density at radius 3 is 2.63 bits per heavy atom. The second-order valence-corrected chi connectivity index (χ2v) is 5.89. The van der Waals surface area contributed by atoms with E-state index in [1.54, 1.807) is 0 Å². The highest BCUT2D eigenvalue weighted by atomic mass is 15.2. The molecule has 19 heavy (non-hydrogen) atoms. The SMILES string of the molecule is CN(C)C1(CNCc2cc(C#N)n(C)c2)CCCC1. The molecule has 1 aliphatic carbocycles. The van der Waals surface area contributed by atoms with Gasteiger partial charge in [0, 0.05) is 31.9 Å². The van der Waals surface area contributed by atoms with Crippen molar-refractivity contribution >= 4 is 0 Å². The van der Waals surface area contributed by atoms with E-state index in [2.05, 4.69) is 30.4 Å². The quantitative estimate of drug-likeness (QED) is 0.879. The lowest BCUT2D eigenvalue weighted by atomic mass is 9.96. The zero-order chi connectivity index (χ0) is 13.9. The van der Waals surface area contributed by atoms with Crippen LogP contribution in [0.15, 0.2) is 12.3 Å². The first-order chi connectivity index (χ1) is 9.07. The molecule has 104 valence electrons. The largest absolute Gasteiger partial charge is 0.342 e. The van der Waals surface area contributed by atoms with Crippen LogP contribution in [0.1, 0.15) is 36.9 Å². The minimum absolute atomic E-state index is 0.326. The Morgan fingerprint density at radius 2 is 2.11 bits per heavy atom. The third-order valence-electron chi connectivity index (χ3n) is 4.44. The average Bonchev–Trinajstić information content (AvgIpc) is 2.97. The third kappa shape index (κ3) is 2.99. The summed E-state index contributed by atoms with van der Waals surface area (Å²) in [6, 6.07) is 4.16. The summed E-state index contributed by atoms with van der Waals surface area (Å²) in [6.45, 7) is 1.86. The molecule has 0 amide bonds. The molecule has 0 aliphatic heterocycles. The van der Waals surface area contributed by atoms with Crippen molar-refractivity contribution in [2.75, 3.05) is 20.6 Å². The van der Waals surface area contributed by atoms with Crippen molar-refractivity contribution in [1.82, 2.24) is 14.8 Å². The smallest absolute Gasteiger partial charge is 0.120 e. The van der Waals surface area contributed by atoms with Crippen molar-refractivity contribution in [2.24, 2.45) is 7.05 Å². The number of nitrogens with zero attached hydrogens (tertiary/aromatic N) is 3. The van der Waals surface area contributed by atoms with Crippen molar-refractivity contribution in [2.45, 2.75) is 37.8 Å². The normalized spacial score (nSPS) is 17.8. The topological polar surface area (TPSA) is 44.0 Å². The highest BCUT2D eigenvalue weighted by Gasteiger charge is 2.35. The second kappa shape index (κ2) is 5.77. The van der Waals surface area contributed by atoms with Gasteiger partial charge in [0.2, 0.25) is 0 Å². The van der Waals surface area contributed by atoms with E-state index in [0.29, 0.717) is 5.54 Å². The lowest BCUT2D eigenvalue weighted by Gasteiger charge is -2.36. The Bertz CT molecular complexity index is 461. The minimum Gasteiger partial charge on any atom is -0.342 e. The van der Waals surface area contributed by atoms with Gasteiger partial charge in [0.25, 0.3) is 0 Å². The maximum atomic E-state index is 8.95. The van der Waals surface area contributed by atoms with Gasteiger partial charge in [-0.05, 0) is 38.6 Å². The fraction of sp³-hybridized carbons (Fsp3) is 0.667. The maximum absolute atomic E-state index is 8.95. The molecule has 4 heteroatoms. The van der Waals surface area contributed by atoms with Crippen molar-refractivity contribution in [3.05, 3.63) is 23.5 Å². The number of aromatic nitrogens is 1. The summed E-state index contributed by atoms with van der Waals surface area (Å²) in [5.74, 6) is 0. The number of hydrogen-bond acceptors (Lipinski definition) is 3. The van der Waals surface area contributed by atoms with Gasteiger partial charge in [-0.3, -0.25) is 0 Å². The van der Waals surface area contributed by atoms with Gasteiger partial charge in [-0.15, -0.1) is 0 Å². The molecule has 4 nitrogen and oxygen atoms in total. The number of hydrogen-bond donors (Lipinski definition) is 1. The molecule has 0 atom stereocenters. The molecular weight excluding hydrogens is 236 g/mol. The van der Waals surface area contributed by atoms with Crippen LogP contribution in [0.2, 0.25) is 0 Å². The van der Waals surface area contributed by atoms with E-state index in [1.165, 1.54) is 31.2 Å². The summed E-state index contributed by atoms with van der Waals surface area (Å²) in [7, 11) is 6.28. The Morgan fingerprint density at radius 1 is 1.42 bits per heavy atom. The highest BCUT2D eigenvalue weighted by Crippen LogP contribution is 2.33. The van der Waals surface area contributed by atoms with Gasteiger partial charge in [-0.2, -0.15) is 5.26 Å². The zero-order valence-electron chi connectivity index (χ0n) is 12.2. The maximum Gasteiger partial charge on any atom is 0.120 e. The summed E-state index contributed by atoms with van der Waals surface area (Å²) in [6.07, 6.45) is 7.27. The first-order valence-corrected chi connectivity index (χ1v) is 7.01. The number of rotatable bonds is 5. The van der Waals surface area contributed by atoms with Crippen molar-refractivity contribution in [3.8, 4) is 6.07 Å². The van der Waals surface area contributed by atoms with E-state index in [9.17, 15) is 0 Å². The van der Waals surface area contributed by atoms with Gasteiger partial charge < -0.3 is 14.8 Å². The van der Waals surface area contributed by atoms with E-state index in [1.807, 2.05) is 23.9 Å². The summed E-state index contributed by atoms with van der Waals surface area (Å²) < 4.78 is 1.88. The van der Waals surface area contributed by atoms with Crippen LogP contribution in [0.3, 0.4) is 0 Å². The number of aryl methyl sites for hydroxylation is 1. The summed E-state index contributed by atoms with van der Waals surface area (Å²) in [4.78, 5) is 2.37. The lowest BCUT2D eigenvalue weighted by molar-refractivity contribution is 0.153. The van der Waals surface area contributed by atoms with Gasteiger partial charge in [-0.1, -0.05) is 12.8 Å². The van der Waals surface area contributed by atoms with E-state index >= 15 is 0 Å². The molecule has 0 radical (unpaired) electrons. The standard InChI is InChI=1S/C15H24N4/c1-18(2)15(6-4-5-7-15)12-17-10-13-8-14(9-16)19(3)11-13/h8,11,17H,4-7,10,12H2,1-3H3. The molecule has 0 saturated heterocycles. The van der Waals surface area contributed by atoms with E-state index in [0.717, 1.165) is 18.8 Å². The van der Waals surface area contributed by atoms with E-state index in [-0.39, 0.29) is 0 Å². The van der Waals surface area contributed by atoms with Gasteiger partial charge >= 0.3 is 0 Å². The number of nitriles is 1. The molecule has 0 bridgehead atoms. The molecule has 0 spiro atoms. The number of nitrogens with one attached hydrogen (secondary N) is 1. The van der Waals surface area contributed by atoms with E-state index < -0.39 is 0 Å². The highest BCUT2D eigenvalue weighted by molar-refractivity contribution is 5.28. The van der Waals surface area contributed by atoms with Crippen LogP contribution >= 0.6 is 0 Å². The van der Waals surface area contributed by atoms with Crippen molar-refractivity contribution < 1.29 is 0 Å². The predicted octanol–water partition coefficient (Wildman–Crippen LogP) is 1.86. The summed E-state index contributed by atoms with van der Waals surface area (Å²) in [5, 5.41) is 12.5. The van der Waals surface area contributed by atoms with Gasteiger partial charge in [0.15, 0.2) is 0 Å². The minimum atomic E-state index is 0.326. The van der Waals surface area contributed by atoms with Crippen molar-refractivity contribution in [1.29, 1.82) is 5.26 Å². The Kier molecular flexibility index (Phi) is 4.28. The molecule has 1 aliphatic rings. The first kappa shape index (κ1) is 14.1. The van der Waals surface area contributed by atoms with Crippen LogP contribution in [-0.4, -0.2) is 35.6 Å². The molecule has 2 rings (SSSR count). The molecule has 1 saturated carbocycles. The Labute approximate surface area is 116 Å². The number of likely N-dealkylation sites (N-methyl/N-ethyl adjacent to an activating group) is 1. The molecule has 1 aromatic heterocycles. The molecular formula is C15H24N4. The molecule has 0 aromatic carbocycles. The van der Waals surface area contributed by atoms with Crippen LogP contribution in [0.5, 0.6) is 0 Å². The monoisotopic (exact) mass is 260 g/mol. The predicted molar refractivity (Wildman–Crippen MR) is 76.7 cm³/mol. The third-order valence-corrected chi connectivity index (χ3v) is 4.44. The second-order valence-electron chi connectivity index (χ2n) is 5.89. The van der Waals surface area contributed by atoms with Gasteiger partial charge in [0.1, 0.15) is 11.8 Å². The molecule has 0 unspecified atom stereocenters. The van der Waals surface area contributed by atoms with E-state index in [4.69, 9.17) is 5.26 Å². The average molecular weight is 260 g/mol. The Balaban J connectivity index is 1.90. The molecule has 1 heterocycles. The summed E-state index contributed by atoms with van der Waals surface area (Å²) in [5.41, 5.74) is 2.23. The van der Waals surface area contributed by atoms with Crippen LogP contribution in [0, 0.1) is 11.3 Å². The van der Waals surface area contributed by atoms with Crippen LogP contribution < -0.4 is 5.32 Å². The lowest BCUT2D eigenvalue weighted by Crippen LogP contribution is -2.49. The molecule has 1 N–H and O–H groups in total. The van der Waals surface area contributed by atoms with Crippen LogP contribution in [0.25, 0.3) is 0 Å². The fourth-order valence-corrected chi connectivity index (χ4v) is 3.10. The van der Waals surface area contributed by atoms with Gasteiger partial charge in [-0.25, -0.2) is 0 Å². The first-order valence-electron chi connectivity index (χ1n) is 7.01. The molecule has 1 fully saturated rings. The van der Waals surface area contributed by atoms with Crippen LogP contribution in [-0.2, 0) is 13.6 Å². The molecule has 1 aromatic rings. The fourth-order valence-electron chi connectivity index (χ4n) is 3.10. The Hall–Kier alpha value is -1.31.